The van der Waals surface area contributed by atoms with Crippen molar-refractivity contribution in [1.29, 1.82) is 0 Å². The van der Waals surface area contributed by atoms with Crippen LogP contribution in [0.3, 0.4) is 0 Å². The summed E-state index contributed by atoms with van der Waals surface area (Å²) in [6.07, 6.45) is 9.86. The molecule has 0 N–H and O–H groups in total. The average Bonchev–Trinajstić information content (AvgIpc) is 3.50. The zero-order valence-corrected chi connectivity index (χ0v) is 18.6. The number of thiophene rings is 1. The zero-order valence-electron chi connectivity index (χ0n) is 17.0. The molecule has 7 heteroatoms. The molecule has 5 heterocycles. The maximum Gasteiger partial charge on any atom is 0.211 e. The van der Waals surface area contributed by atoms with E-state index in [4.69, 9.17) is 9.72 Å². The Morgan fingerprint density at radius 1 is 1.17 bits per heavy atom. The molecule has 3 aromatic heterocycles. The lowest BCUT2D eigenvalue weighted by molar-refractivity contribution is 0.0975. The first-order valence-electron chi connectivity index (χ1n) is 10.5. The van der Waals surface area contributed by atoms with Gasteiger partial charge >= 0.3 is 0 Å². The smallest absolute Gasteiger partial charge is 0.211 e. The standard InChI is InChI=1S/C23H24N4OS2/c1-16-13-23(15-28-16)6-9-26(10-7-23)22-25-14-19(21-24-8-11-27(21)22)30-18-4-2-3-17-5-12-29-20(17)18/h2-5,8,11-12,14,16H,6-7,9-10,13,15H2,1H3/t16-/m0/s1. The summed E-state index contributed by atoms with van der Waals surface area (Å²) in [6.45, 7) is 5.17. The third-order valence-corrected chi connectivity index (χ3v) is 8.70. The predicted molar refractivity (Wildman–Crippen MR) is 123 cm³/mol. The quantitative estimate of drug-likeness (QED) is 0.425. The van der Waals surface area contributed by atoms with Crippen molar-refractivity contribution < 1.29 is 4.74 Å². The Bertz CT molecular complexity index is 1210. The second kappa shape index (κ2) is 7.25. The Morgan fingerprint density at radius 2 is 2.07 bits per heavy atom. The van der Waals surface area contributed by atoms with Crippen LogP contribution in [0, 0.1) is 5.41 Å². The van der Waals surface area contributed by atoms with Gasteiger partial charge in [-0.1, -0.05) is 23.9 Å². The van der Waals surface area contributed by atoms with E-state index in [0.29, 0.717) is 11.5 Å². The van der Waals surface area contributed by atoms with Crippen LogP contribution in [-0.4, -0.2) is 40.2 Å². The van der Waals surface area contributed by atoms with Crippen LogP contribution < -0.4 is 4.90 Å². The van der Waals surface area contributed by atoms with Crippen molar-refractivity contribution in [2.24, 2.45) is 5.41 Å². The number of rotatable bonds is 3. The lowest BCUT2D eigenvalue weighted by atomic mass is 9.77. The van der Waals surface area contributed by atoms with Crippen LogP contribution in [-0.2, 0) is 4.74 Å². The molecular formula is C23H24N4OS2. The molecule has 2 fully saturated rings. The van der Waals surface area contributed by atoms with E-state index >= 15 is 0 Å². The first kappa shape index (κ1) is 18.7. The van der Waals surface area contributed by atoms with E-state index in [2.05, 4.69) is 50.9 Å². The largest absolute Gasteiger partial charge is 0.378 e. The highest BCUT2D eigenvalue weighted by molar-refractivity contribution is 8.00. The molecule has 1 spiro atoms. The minimum absolute atomic E-state index is 0.374. The molecule has 1 atom stereocenters. The van der Waals surface area contributed by atoms with E-state index in [0.717, 1.165) is 36.2 Å². The summed E-state index contributed by atoms with van der Waals surface area (Å²) in [4.78, 5) is 14.3. The van der Waals surface area contributed by atoms with Crippen LogP contribution in [0.2, 0.25) is 0 Å². The van der Waals surface area contributed by atoms with Crippen molar-refractivity contribution in [3.8, 4) is 0 Å². The Balaban J connectivity index is 1.29. The van der Waals surface area contributed by atoms with Crippen molar-refractivity contribution in [2.45, 2.75) is 42.1 Å². The summed E-state index contributed by atoms with van der Waals surface area (Å²) in [5, 5.41) is 3.45. The van der Waals surface area contributed by atoms with Crippen molar-refractivity contribution in [3.05, 3.63) is 48.2 Å². The zero-order chi connectivity index (χ0) is 20.1. The molecular weight excluding hydrogens is 412 g/mol. The Kier molecular flexibility index (Phi) is 4.51. The van der Waals surface area contributed by atoms with E-state index in [9.17, 15) is 0 Å². The molecule has 0 aliphatic carbocycles. The highest BCUT2D eigenvalue weighted by Gasteiger charge is 2.41. The summed E-state index contributed by atoms with van der Waals surface area (Å²) in [5.41, 5.74) is 1.36. The summed E-state index contributed by atoms with van der Waals surface area (Å²) in [5.74, 6) is 1.00. The molecule has 2 aliphatic rings. The van der Waals surface area contributed by atoms with E-state index in [1.807, 2.05) is 18.6 Å². The van der Waals surface area contributed by atoms with Gasteiger partial charge in [0, 0.05) is 41.3 Å². The van der Waals surface area contributed by atoms with Gasteiger partial charge in [0.15, 0.2) is 5.65 Å². The summed E-state index contributed by atoms with van der Waals surface area (Å²) in [6, 6.07) is 8.65. The number of ether oxygens (including phenoxy) is 1. The molecule has 2 aliphatic heterocycles. The third-order valence-electron chi connectivity index (χ3n) is 6.54. The number of hydrogen-bond acceptors (Lipinski definition) is 6. The summed E-state index contributed by atoms with van der Waals surface area (Å²) in [7, 11) is 0. The minimum Gasteiger partial charge on any atom is -0.378 e. The van der Waals surface area contributed by atoms with Crippen LogP contribution in [0.15, 0.2) is 58.0 Å². The van der Waals surface area contributed by atoms with Crippen molar-refractivity contribution in [3.63, 3.8) is 0 Å². The second-order valence-electron chi connectivity index (χ2n) is 8.55. The van der Waals surface area contributed by atoms with Gasteiger partial charge in [-0.25, -0.2) is 9.97 Å². The number of imidazole rings is 1. The highest BCUT2D eigenvalue weighted by atomic mass is 32.2. The molecule has 0 amide bonds. The fourth-order valence-corrected chi connectivity index (χ4v) is 6.95. The minimum atomic E-state index is 0.374. The maximum absolute atomic E-state index is 5.89. The molecule has 5 nitrogen and oxygen atoms in total. The maximum atomic E-state index is 5.89. The van der Waals surface area contributed by atoms with Crippen molar-refractivity contribution >= 4 is 44.8 Å². The SMILES string of the molecule is C[C@H]1CC2(CCN(c3ncc(Sc4cccc5ccsc45)c4nccn34)CC2)CO1. The van der Waals surface area contributed by atoms with Gasteiger partial charge in [0.1, 0.15) is 0 Å². The number of piperidine rings is 1. The number of nitrogens with zero attached hydrogens (tertiary/aromatic N) is 4. The molecule has 0 saturated carbocycles. The summed E-state index contributed by atoms with van der Waals surface area (Å²) >= 11 is 3.55. The van der Waals surface area contributed by atoms with Crippen molar-refractivity contribution in [2.75, 3.05) is 24.6 Å². The monoisotopic (exact) mass is 436 g/mol. The first-order chi connectivity index (χ1) is 14.7. The topological polar surface area (TPSA) is 42.7 Å². The Hall–Kier alpha value is -2.09. The fraction of sp³-hybridized carbons (Fsp3) is 0.391. The molecule has 2 saturated heterocycles. The lowest BCUT2D eigenvalue weighted by Crippen LogP contribution is -2.41. The van der Waals surface area contributed by atoms with E-state index in [1.54, 1.807) is 23.1 Å². The van der Waals surface area contributed by atoms with E-state index in [-0.39, 0.29) is 0 Å². The van der Waals surface area contributed by atoms with Gasteiger partial charge in [0.2, 0.25) is 5.95 Å². The van der Waals surface area contributed by atoms with E-state index in [1.165, 1.54) is 34.2 Å². The Morgan fingerprint density at radius 3 is 2.90 bits per heavy atom. The average molecular weight is 437 g/mol. The van der Waals surface area contributed by atoms with Gasteiger partial charge in [-0.15, -0.1) is 11.3 Å². The van der Waals surface area contributed by atoms with Gasteiger partial charge in [-0.3, -0.25) is 4.40 Å². The van der Waals surface area contributed by atoms with Crippen LogP contribution in [0.25, 0.3) is 15.7 Å². The van der Waals surface area contributed by atoms with Crippen LogP contribution in [0.4, 0.5) is 5.95 Å². The molecule has 4 aromatic rings. The first-order valence-corrected chi connectivity index (χ1v) is 12.2. The lowest BCUT2D eigenvalue weighted by Gasteiger charge is -2.39. The second-order valence-corrected chi connectivity index (χ2v) is 10.6. The number of benzene rings is 1. The number of anilines is 1. The van der Waals surface area contributed by atoms with Crippen molar-refractivity contribution in [1.82, 2.24) is 14.4 Å². The molecule has 1 aromatic carbocycles. The predicted octanol–water partition coefficient (Wildman–Crippen LogP) is 5.49. The van der Waals surface area contributed by atoms with Gasteiger partial charge in [0.05, 0.1) is 17.6 Å². The van der Waals surface area contributed by atoms with Crippen LogP contribution in [0.5, 0.6) is 0 Å². The normalized spacial score (nSPS) is 21.2. The highest BCUT2D eigenvalue weighted by Crippen LogP contribution is 2.43. The summed E-state index contributed by atoms with van der Waals surface area (Å²) < 4.78 is 9.37. The number of aromatic nitrogens is 3. The van der Waals surface area contributed by atoms with Crippen LogP contribution in [0.1, 0.15) is 26.2 Å². The van der Waals surface area contributed by atoms with Gasteiger partial charge in [-0.05, 0) is 54.5 Å². The Labute approximate surface area is 184 Å². The molecule has 154 valence electrons. The third kappa shape index (κ3) is 3.11. The fourth-order valence-electron chi connectivity index (χ4n) is 4.93. The van der Waals surface area contributed by atoms with Gasteiger partial charge < -0.3 is 9.64 Å². The molecule has 0 unspecified atom stereocenters. The number of hydrogen-bond donors (Lipinski definition) is 0. The van der Waals surface area contributed by atoms with Gasteiger partial charge in [0.25, 0.3) is 0 Å². The number of fused-ring (bicyclic) bond motifs is 2. The molecule has 0 bridgehead atoms. The van der Waals surface area contributed by atoms with Gasteiger partial charge in [-0.2, -0.15) is 0 Å². The molecule has 6 rings (SSSR count). The molecule has 30 heavy (non-hydrogen) atoms. The molecule has 0 radical (unpaired) electrons. The van der Waals surface area contributed by atoms with E-state index < -0.39 is 0 Å². The van der Waals surface area contributed by atoms with Crippen LogP contribution >= 0.6 is 23.1 Å².